The van der Waals surface area contributed by atoms with Crippen LogP contribution in [0.3, 0.4) is 0 Å². The number of hydrogen-bond donors (Lipinski definition) is 2. The lowest BCUT2D eigenvalue weighted by Gasteiger charge is -2.10. The number of imidazole rings is 1. The van der Waals surface area contributed by atoms with Gasteiger partial charge in [-0.1, -0.05) is 30.3 Å². The molecule has 8 heteroatoms. The summed E-state index contributed by atoms with van der Waals surface area (Å²) in [5, 5.41) is 2.50. The van der Waals surface area contributed by atoms with Gasteiger partial charge in [0, 0.05) is 36.1 Å². The van der Waals surface area contributed by atoms with Gasteiger partial charge in [-0.2, -0.15) is 0 Å². The van der Waals surface area contributed by atoms with Crippen molar-refractivity contribution in [1.82, 2.24) is 9.97 Å². The SMILES string of the molecule is O=C(/C=C/c1ccc(Cc2cnc[nH]2)cc1)Nc1cccc(OC(F)(F)F)c1. The Morgan fingerprint density at radius 3 is 2.64 bits per heavy atom. The highest BCUT2D eigenvalue weighted by atomic mass is 19.4. The number of carbonyl (C=O) groups excluding carboxylic acids is 1. The fraction of sp³-hybridized carbons (Fsp3) is 0.100. The number of H-pyrrole nitrogens is 1. The second kappa shape index (κ2) is 8.43. The second-order valence-electron chi connectivity index (χ2n) is 5.89. The molecule has 2 N–H and O–H groups in total. The van der Waals surface area contributed by atoms with Crippen LogP contribution in [-0.2, 0) is 11.2 Å². The Hall–Kier alpha value is -3.55. The maximum absolute atomic E-state index is 12.3. The smallest absolute Gasteiger partial charge is 0.406 e. The van der Waals surface area contributed by atoms with Crippen LogP contribution in [0.25, 0.3) is 6.08 Å². The lowest BCUT2D eigenvalue weighted by atomic mass is 10.1. The third-order valence-corrected chi connectivity index (χ3v) is 3.69. The molecule has 28 heavy (non-hydrogen) atoms. The highest BCUT2D eigenvalue weighted by Gasteiger charge is 2.31. The second-order valence-corrected chi connectivity index (χ2v) is 5.89. The molecule has 0 aliphatic carbocycles. The van der Waals surface area contributed by atoms with Gasteiger partial charge in [-0.15, -0.1) is 13.2 Å². The number of aromatic nitrogens is 2. The number of nitrogens with one attached hydrogen (secondary N) is 2. The predicted molar refractivity (Wildman–Crippen MR) is 98.6 cm³/mol. The summed E-state index contributed by atoms with van der Waals surface area (Å²) in [5.74, 6) is -0.868. The molecule has 1 aromatic heterocycles. The third kappa shape index (κ3) is 6.01. The van der Waals surface area contributed by atoms with E-state index in [-0.39, 0.29) is 5.69 Å². The zero-order chi connectivity index (χ0) is 20.0. The number of rotatable bonds is 6. The van der Waals surface area contributed by atoms with Gasteiger partial charge in [0.25, 0.3) is 0 Å². The number of carbonyl (C=O) groups is 1. The van der Waals surface area contributed by atoms with E-state index in [0.717, 1.165) is 35.4 Å². The van der Waals surface area contributed by atoms with Gasteiger partial charge in [0.2, 0.25) is 5.91 Å². The van der Waals surface area contributed by atoms with Crippen molar-refractivity contribution in [1.29, 1.82) is 0 Å². The maximum atomic E-state index is 12.3. The summed E-state index contributed by atoms with van der Waals surface area (Å²) in [5.41, 5.74) is 3.11. The van der Waals surface area contributed by atoms with Gasteiger partial charge in [-0.05, 0) is 29.3 Å². The van der Waals surface area contributed by atoms with E-state index in [1.54, 1.807) is 18.6 Å². The zero-order valence-electron chi connectivity index (χ0n) is 14.5. The van der Waals surface area contributed by atoms with Crippen molar-refractivity contribution in [2.75, 3.05) is 5.32 Å². The van der Waals surface area contributed by atoms with Gasteiger partial charge < -0.3 is 15.0 Å². The predicted octanol–water partition coefficient (Wildman–Crippen LogP) is 4.55. The fourth-order valence-corrected chi connectivity index (χ4v) is 2.47. The van der Waals surface area contributed by atoms with E-state index in [0.29, 0.717) is 0 Å². The third-order valence-electron chi connectivity index (χ3n) is 3.69. The van der Waals surface area contributed by atoms with Crippen molar-refractivity contribution < 1.29 is 22.7 Å². The molecule has 0 unspecified atom stereocenters. The van der Waals surface area contributed by atoms with Crippen molar-refractivity contribution >= 4 is 17.7 Å². The van der Waals surface area contributed by atoms with Gasteiger partial charge in [0.05, 0.1) is 6.33 Å². The number of nitrogens with zero attached hydrogens (tertiary/aromatic N) is 1. The Morgan fingerprint density at radius 1 is 1.18 bits per heavy atom. The molecule has 5 nitrogen and oxygen atoms in total. The minimum atomic E-state index is -4.79. The van der Waals surface area contributed by atoms with Crippen LogP contribution in [0.15, 0.2) is 67.1 Å². The molecule has 0 atom stereocenters. The molecule has 2 aromatic carbocycles. The number of anilines is 1. The number of halogens is 3. The van der Waals surface area contributed by atoms with Crippen LogP contribution in [0.1, 0.15) is 16.8 Å². The lowest BCUT2D eigenvalue weighted by Crippen LogP contribution is -2.17. The highest BCUT2D eigenvalue weighted by Crippen LogP contribution is 2.25. The average molecular weight is 387 g/mol. The molecule has 1 heterocycles. The molecule has 1 amide bonds. The van der Waals surface area contributed by atoms with Crippen LogP contribution in [0.5, 0.6) is 5.75 Å². The zero-order valence-corrected chi connectivity index (χ0v) is 14.5. The Bertz CT molecular complexity index is 950. The van der Waals surface area contributed by atoms with E-state index in [4.69, 9.17) is 0 Å². The summed E-state index contributed by atoms with van der Waals surface area (Å²) < 4.78 is 40.6. The monoisotopic (exact) mass is 387 g/mol. The molecular weight excluding hydrogens is 371 g/mol. The number of hydrogen-bond acceptors (Lipinski definition) is 3. The van der Waals surface area contributed by atoms with Crippen molar-refractivity contribution in [2.24, 2.45) is 0 Å². The standard InChI is InChI=1S/C20H16F3N3O2/c21-20(22,23)28-18-3-1-2-16(11-18)26-19(27)9-8-14-4-6-15(7-5-14)10-17-12-24-13-25-17/h1-9,11-13H,10H2,(H,24,25)(H,26,27)/b9-8+. The topological polar surface area (TPSA) is 67.0 Å². The van der Waals surface area contributed by atoms with E-state index in [9.17, 15) is 18.0 Å². The molecule has 3 aromatic rings. The Kier molecular flexibility index (Phi) is 5.78. The summed E-state index contributed by atoms with van der Waals surface area (Å²) in [6.07, 6.45) is 2.24. The van der Waals surface area contributed by atoms with E-state index < -0.39 is 18.0 Å². The normalized spacial score (nSPS) is 11.5. The molecule has 0 radical (unpaired) electrons. The van der Waals surface area contributed by atoms with Crippen molar-refractivity contribution in [3.05, 3.63) is 84.0 Å². The molecule has 0 aliphatic rings. The van der Waals surface area contributed by atoms with Crippen molar-refractivity contribution in [3.8, 4) is 5.75 Å². The lowest BCUT2D eigenvalue weighted by molar-refractivity contribution is -0.274. The molecule has 0 saturated heterocycles. The molecule has 0 fully saturated rings. The van der Waals surface area contributed by atoms with Gasteiger partial charge in [-0.3, -0.25) is 4.79 Å². The fourth-order valence-electron chi connectivity index (χ4n) is 2.47. The van der Waals surface area contributed by atoms with E-state index >= 15 is 0 Å². The number of ether oxygens (including phenoxy) is 1. The van der Waals surface area contributed by atoms with Crippen LogP contribution in [-0.4, -0.2) is 22.2 Å². The molecule has 3 rings (SSSR count). The number of alkyl halides is 3. The molecule has 144 valence electrons. The van der Waals surface area contributed by atoms with Crippen molar-refractivity contribution in [3.63, 3.8) is 0 Å². The van der Waals surface area contributed by atoms with E-state index in [2.05, 4.69) is 20.0 Å². The van der Waals surface area contributed by atoms with Crippen LogP contribution >= 0.6 is 0 Å². The van der Waals surface area contributed by atoms with Gasteiger partial charge in [0.1, 0.15) is 5.75 Å². The minimum Gasteiger partial charge on any atom is -0.406 e. The van der Waals surface area contributed by atoms with E-state index in [1.807, 2.05) is 24.3 Å². The summed E-state index contributed by atoms with van der Waals surface area (Å²) in [6.45, 7) is 0. The Labute approximate surface area is 158 Å². The summed E-state index contributed by atoms with van der Waals surface area (Å²) in [7, 11) is 0. The first-order valence-corrected chi connectivity index (χ1v) is 8.28. The van der Waals surface area contributed by atoms with Crippen LogP contribution in [0.4, 0.5) is 18.9 Å². The van der Waals surface area contributed by atoms with Gasteiger partial charge in [0.15, 0.2) is 0 Å². The number of benzene rings is 2. The largest absolute Gasteiger partial charge is 0.573 e. The number of aromatic amines is 1. The van der Waals surface area contributed by atoms with Gasteiger partial charge in [-0.25, -0.2) is 4.98 Å². The number of amides is 1. The molecule has 0 spiro atoms. The minimum absolute atomic E-state index is 0.200. The van der Waals surface area contributed by atoms with Gasteiger partial charge >= 0.3 is 6.36 Å². The Morgan fingerprint density at radius 2 is 1.96 bits per heavy atom. The first kappa shape index (κ1) is 19.2. The van der Waals surface area contributed by atoms with Crippen molar-refractivity contribution in [2.45, 2.75) is 12.8 Å². The summed E-state index contributed by atoms with van der Waals surface area (Å²) >= 11 is 0. The first-order valence-electron chi connectivity index (χ1n) is 8.28. The summed E-state index contributed by atoms with van der Waals surface area (Å²) in [4.78, 5) is 19.0. The average Bonchev–Trinajstić information content (AvgIpc) is 3.13. The molecular formula is C20H16F3N3O2. The molecule has 0 aliphatic heterocycles. The first-order chi connectivity index (χ1) is 13.4. The van der Waals surface area contributed by atoms with Crippen LogP contribution in [0, 0.1) is 0 Å². The highest BCUT2D eigenvalue weighted by molar-refractivity contribution is 6.02. The Balaban J connectivity index is 1.57. The summed E-state index contributed by atoms with van der Waals surface area (Å²) in [6, 6.07) is 12.7. The van der Waals surface area contributed by atoms with E-state index in [1.165, 1.54) is 18.2 Å². The quantitative estimate of drug-likeness (QED) is 0.610. The molecule has 0 bridgehead atoms. The van der Waals surface area contributed by atoms with Crippen LogP contribution in [0.2, 0.25) is 0 Å². The van der Waals surface area contributed by atoms with Crippen LogP contribution < -0.4 is 10.1 Å². The molecule has 0 saturated carbocycles. The maximum Gasteiger partial charge on any atom is 0.573 e.